The van der Waals surface area contributed by atoms with E-state index >= 15 is 0 Å². The average molecular weight is 411 g/mol. The smallest absolute Gasteiger partial charge is 0.224 e. The Balaban J connectivity index is 1.34. The summed E-state index contributed by atoms with van der Waals surface area (Å²) in [5, 5.41) is 11.9. The number of nitrogens with zero attached hydrogens (tertiary/aromatic N) is 5. The maximum absolute atomic E-state index is 12.6. The summed E-state index contributed by atoms with van der Waals surface area (Å²) in [6.45, 7) is 10.5. The van der Waals surface area contributed by atoms with Gasteiger partial charge >= 0.3 is 0 Å². The lowest BCUT2D eigenvalue weighted by Gasteiger charge is -2.28. The SMILES string of the molecule is Cc1ccc(CN2CCc3nnc(CNC(=O)C4CCCN(C)C4)n3CC2)c(C)c1. The number of carbonyl (C=O) groups excluding carboxylic acids is 1. The topological polar surface area (TPSA) is 66.3 Å². The number of nitrogens with one attached hydrogen (secondary N) is 1. The van der Waals surface area contributed by atoms with Gasteiger partial charge in [-0.15, -0.1) is 10.2 Å². The van der Waals surface area contributed by atoms with Crippen molar-refractivity contribution in [3.63, 3.8) is 0 Å². The molecule has 1 aromatic carbocycles. The van der Waals surface area contributed by atoms with Crippen LogP contribution in [0.4, 0.5) is 0 Å². The van der Waals surface area contributed by atoms with Crippen LogP contribution in [0, 0.1) is 19.8 Å². The van der Waals surface area contributed by atoms with Gasteiger partial charge < -0.3 is 14.8 Å². The highest BCUT2D eigenvalue weighted by Gasteiger charge is 2.25. The van der Waals surface area contributed by atoms with E-state index in [4.69, 9.17) is 0 Å². The Kier molecular flexibility index (Phi) is 6.49. The van der Waals surface area contributed by atoms with E-state index in [0.29, 0.717) is 6.54 Å². The molecule has 0 spiro atoms. The second kappa shape index (κ2) is 9.27. The summed E-state index contributed by atoms with van der Waals surface area (Å²) in [7, 11) is 2.09. The Morgan fingerprint density at radius 1 is 1.17 bits per heavy atom. The van der Waals surface area contributed by atoms with Gasteiger partial charge in [-0.3, -0.25) is 9.69 Å². The number of amides is 1. The predicted octanol–water partition coefficient (Wildman–Crippen LogP) is 1.91. The van der Waals surface area contributed by atoms with Crippen LogP contribution in [0.5, 0.6) is 0 Å². The first-order valence-corrected chi connectivity index (χ1v) is 11.2. The van der Waals surface area contributed by atoms with E-state index in [9.17, 15) is 4.79 Å². The molecule has 30 heavy (non-hydrogen) atoms. The summed E-state index contributed by atoms with van der Waals surface area (Å²) in [6.07, 6.45) is 2.95. The zero-order valence-electron chi connectivity index (χ0n) is 18.5. The largest absolute Gasteiger partial charge is 0.349 e. The number of carbonyl (C=O) groups is 1. The van der Waals surface area contributed by atoms with Crippen molar-refractivity contribution >= 4 is 5.91 Å². The summed E-state index contributed by atoms with van der Waals surface area (Å²) >= 11 is 0. The zero-order valence-corrected chi connectivity index (χ0v) is 18.5. The van der Waals surface area contributed by atoms with Gasteiger partial charge in [0.05, 0.1) is 12.5 Å². The molecule has 162 valence electrons. The predicted molar refractivity (Wildman–Crippen MR) is 117 cm³/mol. The fraction of sp³-hybridized carbons (Fsp3) is 0.609. The molecule has 1 amide bonds. The third-order valence-corrected chi connectivity index (χ3v) is 6.50. The molecule has 4 rings (SSSR count). The van der Waals surface area contributed by atoms with Crippen LogP contribution in [0.3, 0.4) is 0 Å². The maximum Gasteiger partial charge on any atom is 0.224 e. The summed E-state index contributed by atoms with van der Waals surface area (Å²) < 4.78 is 2.20. The number of benzene rings is 1. The molecule has 1 fully saturated rings. The van der Waals surface area contributed by atoms with Crippen molar-refractivity contribution in [3.8, 4) is 0 Å². The van der Waals surface area contributed by atoms with Gasteiger partial charge in [-0.2, -0.15) is 0 Å². The molecule has 2 aromatic rings. The van der Waals surface area contributed by atoms with Crippen LogP contribution in [-0.2, 0) is 30.8 Å². The van der Waals surface area contributed by atoms with Crippen molar-refractivity contribution in [2.24, 2.45) is 5.92 Å². The molecular formula is C23H34N6O. The van der Waals surface area contributed by atoms with Gasteiger partial charge in [0.1, 0.15) is 5.82 Å². The van der Waals surface area contributed by atoms with E-state index in [2.05, 4.69) is 69.0 Å². The van der Waals surface area contributed by atoms with Gasteiger partial charge in [0.25, 0.3) is 0 Å². The van der Waals surface area contributed by atoms with Crippen molar-refractivity contribution in [1.82, 2.24) is 29.9 Å². The minimum absolute atomic E-state index is 0.0866. The molecule has 0 radical (unpaired) electrons. The fourth-order valence-electron chi connectivity index (χ4n) is 4.67. The van der Waals surface area contributed by atoms with Crippen LogP contribution in [0.1, 0.15) is 41.2 Å². The van der Waals surface area contributed by atoms with Crippen LogP contribution in [0.2, 0.25) is 0 Å². The van der Waals surface area contributed by atoms with Crippen molar-refractivity contribution in [1.29, 1.82) is 0 Å². The molecule has 1 aromatic heterocycles. The van der Waals surface area contributed by atoms with Crippen LogP contribution >= 0.6 is 0 Å². The summed E-state index contributed by atoms with van der Waals surface area (Å²) in [5.74, 6) is 2.13. The minimum atomic E-state index is 0.0866. The Labute approximate surface area is 179 Å². The van der Waals surface area contributed by atoms with E-state index in [-0.39, 0.29) is 11.8 Å². The van der Waals surface area contributed by atoms with E-state index in [0.717, 1.165) is 70.2 Å². The van der Waals surface area contributed by atoms with Crippen LogP contribution in [-0.4, -0.2) is 63.7 Å². The molecule has 2 aliphatic rings. The van der Waals surface area contributed by atoms with E-state index < -0.39 is 0 Å². The molecular weight excluding hydrogens is 376 g/mol. The fourth-order valence-corrected chi connectivity index (χ4v) is 4.67. The molecule has 0 bridgehead atoms. The highest BCUT2D eigenvalue weighted by molar-refractivity contribution is 5.78. The molecule has 7 nitrogen and oxygen atoms in total. The Bertz CT molecular complexity index is 892. The number of aryl methyl sites for hydroxylation is 2. The normalized spacial score (nSPS) is 20.6. The molecule has 1 atom stereocenters. The maximum atomic E-state index is 12.6. The van der Waals surface area contributed by atoms with E-state index in [1.807, 2.05) is 0 Å². The van der Waals surface area contributed by atoms with Gasteiger partial charge in [-0.25, -0.2) is 0 Å². The monoisotopic (exact) mass is 410 g/mol. The molecule has 0 saturated carbocycles. The van der Waals surface area contributed by atoms with Crippen molar-refractivity contribution < 1.29 is 4.79 Å². The van der Waals surface area contributed by atoms with E-state index in [1.54, 1.807) is 0 Å². The lowest BCUT2D eigenvalue weighted by atomic mass is 9.98. The van der Waals surface area contributed by atoms with Gasteiger partial charge in [0.15, 0.2) is 5.82 Å². The molecule has 0 aliphatic carbocycles. The molecule has 2 aliphatic heterocycles. The lowest BCUT2D eigenvalue weighted by Crippen LogP contribution is -2.41. The van der Waals surface area contributed by atoms with Gasteiger partial charge in [0.2, 0.25) is 5.91 Å². The number of piperidine rings is 1. The third kappa shape index (κ3) is 4.90. The highest BCUT2D eigenvalue weighted by atomic mass is 16.1. The Morgan fingerprint density at radius 3 is 2.83 bits per heavy atom. The Hall–Kier alpha value is -2.25. The van der Waals surface area contributed by atoms with Gasteiger partial charge in [0, 0.05) is 39.1 Å². The lowest BCUT2D eigenvalue weighted by molar-refractivity contribution is -0.126. The summed E-state index contributed by atoms with van der Waals surface area (Å²) in [6, 6.07) is 6.70. The van der Waals surface area contributed by atoms with Gasteiger partial charge in [-0.1, -0.05) is 23.8 Å². The van der Waals surface area contributed by atoms with Crippen LogP contribution < -0.4 is 5.32 Å². The average Bonchev–Trinajstić information content (AvgIpc) is 3.00. The quantitative estimate of drug-likeness (QED) is 0.816. The molecule has 7 heteroatoms. The first-order valence-electron chi connectivity index (χ1n) is 11.2. The number of hydrogen-bond donors (Lipinski definition) is 1. The van der Waals surface area contributed by atoms with Crippen molar-refractivity contribution in [2.75, 3.05) is 33.2 Å². The number of fused-ring (bicyclic) bond motifs is 1. The molecule has 1 N–H and O–H groups in total. The van der Waals surface area contributed by atoms with Gasteiger partial charge in [-0.05, 0) is 51.4 Å². The summed E-state index contributed by atoms with van der Waals surface area (Å²) in [4.78, 5) is 17.3. The zero-order chi connectivity index (χ0) is 21.1. The standard InChI is InChI=1S/C23H34N6O/c1-17-6-7-19(18(2)13-17)16-28-10-8-21-25-26-22(29(21)12-11-28)14-24-23(30)20-5-4-9-27(3)15-20/h6-7,13,20H,4-5,8-12,14-16H2,1-3H3,(H,24,30). The number of rotatable bonds is 5. The minimum Gasteiger partial charge on any atom is -0.349 e. The van der Waals surface area contributed by atoms with Crippen molar-refractivity contribution in [2.45, 2.75) is 52.7 Å². The second-order valence-corrected chi connectivity index (χ2v) is 8.96. The number of hydrogen-bond acceptors (Lipinski definition) is 5. The molecule has 1 unspecified atom stereocenters. The number of likely N-dealkylation sites (tertiary alicyclic amines) is 1. The van der Waals surface area contributed by atoms with E-state index in [1.165, 1.54) is 16.7 Å². The molecule has 3 heterocycles. The number of aromatic nitrogens is 3. The van der Waals surface area contributed by atoms with Crippen LogP contribution in [0.15, 0.2) is 18.2 Å². The first-order chi connectivity index (χ1) is 14.5. The highest BCUT2D eigenvalue weighted by Crippen LogP contribution is 2.17. The third-order valence-electron chi connectivity index (χ3n) is 6.50. The summed E-state index contributed by atoms with van der Waals surface area (Å²) in [5.41, 5.74) is 4.06. The van der Waals surface area contributed by atoms with Crippen molar-refractivity contribution in [3.05, 3.63) is 46.5 Å². The Morgan fingerprint density at radius 2 is 2.03 bits per heavy atom. The first kappa shape index (κ1) is 21.0. The molecule has 1 saturated heterocycles. The van der Waals surface area contributed by atoms with Crippen LogP contribution in [0.25, 0.3) is 0 Å². The second-order valence-electron chi connectivity index (χ2n) is 8.96.